The number of rotatable bonds is 21. The number of phenolic OH excluding ortho intramolecular Hbond substituents is 1. The van der Waals surface area contributed by atoms with Gasteiger partial charge in [0.05, 0.1) is 30.9 Å². The van der Waals surface area contributed by atoms with Gasteiger partial charge in [-0.3, -0.25) is 9.59 Å². The van der Waals surface area contributed by atoms with Crippen LogP contribution in [-0.4, -0.2) is 48.6 Å². The van der Waals surface area contributed by atoms with E-state index in [9.17, 15) is 19.5 Å². The van der Waals surface area contributed by atoms with Crippen molar-refractivity contribution in [3.8, 4) is 23.0 Å². The summed E-state index contributed by atoms with van der Waals surface area (Å²) in [5.74, 6) is 0.995. The summed E-state index contributed by atoms with van der Waals surface area (Å²) in [6, 6.07) is 6.91. The highest BCUT2D eigenvalue weighted by Crippen LogP contribution is 2.38. The third-order valence-electron chi connectivity index (χ3n) is 8.43. The van der Waals surface area contributed by atoms with Gasteiger partial charge in [0.1, 0.15) is 23.0 Å². The van der Waals surface area contributed by atoms with Gasteiger partial charge in [-0.25, -0.2) is 4.79 Å². The molecule has 3 rings (SSSR count). The molecule has 0 fully saturated rings. The second-order valence-corrected chi connectivity index (χ2v) is 12.6. The Morgan fingerprint density at radius 3 is 2.02 bits per heavy atom. The average molecular weight is 639 g/mol. The van der Waals surface area contributed by atoms with E-state index in [1.807, 2.05) is 19.9 Å². The van der Waals surface area contributed by atoms with Crippen LogP contribution in [0.25, 0.3) is 0 Å². The second kappa shape index (κ2) is 19.2. The number of ketones is 2. The molecule has 1 unspecified atom stereocenters. The number of hydrogen-bond acceptors (Lipinski definition) is 8. The summed E-state index contributed by atoms with van der Waals surface area (Å²) in [6.45, 7) is 10.4. The highest BCUT2D eigenvalue weighted by molar-refractivity contribution is 5.98. The third kappa shape index (κ3) is 11.1. The van der Waals surface area contributed by atoms with E-state index in [4.69, 9.17) is 18.9 Å². The van der Waals surface area contributed by atoms with E-state index in [1.165, 1.54) is 52.4 Å². The van der Waals surface area contributed by atoms with Gasteiger partial charge in [0, 0.05) is 11.6 Å². The van der Waals surface area contributed by atoms with Crippen LogP contribution in [0.4, 0.5) is 0 Å². The summed E-state index contributed by atoms with van der Waals surface area (Å²) < 4.78 is 23.6. The van der Waals surface area contributed by atoms with Crippen molar-refractivity contribution in [2.45, 2.75) is 130 Å². The van der Waals surface area contributed by atoms with Crippen LogP contribution < -0.4 is 14.2 Å². The molecule has 1 N–H and O–H groups in total. The SMILES string of the molecule is CCCCCCCCCCOC(=O)C1CCc2cc(C(C)=O)c(OCCCCCOc3ccc(C(C)=O)c(O)c3C(C)C)cc2O1. The van der Waals surface area contributed by atoms with E-state index in [2.05, 4.69) is 6.92 Å². The van der Waals surface area contributed by atoms with Crippen LogP contribution in [0.5, 0.6) is 23.0 Å². The van der Waals surface area contributed by atoms with Crippen LogP contribution in [0.2, 0.25) is 0 Å². The fourth-order valence-electron chi connectivity index (χ4n) is 5.77. The molecule has 254 valence electrons. The molecule has 0 saturated heterocycles. The van der Waals surface area contributed by atoms with Crippen molar-refractivity contribution >= 4 is 17.5 Å². The summed E-state index contributed by atoms with van der Waals surface area (Å²) in [5, 5.41) is 10.6. The number of aromatic hydroxyl groups is 1. The molecule has 2 aromatic carbocycles. The zero-order valence-corrected chi connectivity index (χ0v) is 28.6. The highest BCUT2D eigenvalue weighted by Gasteiger charge is 2.29. The van der Waals surface area contributed by atoms with Crippen molar-refractivity contribution in [3.05, 3.63) is 46.5 Å². The lowest BCUT2D eigenvalue weighted by molar-refractivity contribution is -0.152. The molecule has 8 heteroatoms. The first kappa shape index (κ1) is 36.9. The zero-order chi connectivity index (χ0) is 33.5. The van der Waals surface area contributed by atoms with Gasteiger partial charge in [0.25, 0.3) is 0 Å². The summed E-state index contributed by atoms with van der Waals surface area (Å²) in [6.07, 6.45) is 12.3. The molecule has 8 nitrogen and oxygen atoms in total. The molecule has 0 saturated carbocycles. The molecular weight excluding hydrogens is 584 g/mol. The Balaban J connectivity index is 1.44. The average Bonchev–Trinajstić information content (AvgIpc) is 3.02. The van der Waals surface area contributed by atoms with Gasteiger partial charge in [0.2, 0.25) is 0 Å². The number of fused-ring (bicyclic) bond motifs is 1. The van der Waals surface area contributed by atoms with Crippen LogP contribution in [0, 0.1) is 0 Å². The molecule has 1 heterocycles. The fourth-order valence-corrected chi connectivity index (χ4v) is 5.77. The largest absolute Gasteiger partial charge is 0.507 e. The van der Waals surface area contributed by atoms with E-state index in [0.29, 0.717) is 66.6 Å². The molecule has 0 radical (unpaired) electrons. The van der Waals surface area contributed by atoms with Gasteiger partial charge in [-0.2, -0.15) is 0 Å². The van der Waals surface area contributed by atoms with Gasteiger partial charge in [-0.15, -0.1) is 0 Å². The monoisotopic (exact) mass is 638 g/mol. The maximum absolute atomic E-state index is 12.7. The summed E-state index contributed by atoms with van der Waals surface area (Å²) in [4.78, 5) is 36.9. The van der Waals surface area contributed by atoms with Crippen LogP contribution >= 0.6 is 0 Å². The van der Waals surface area contributed by atoms with E-state index in [-0.39, 0.29) is 29.2 Å². The number of phenols is 1. The van der Waals surface area contributed by atoms with Crippen LogP contribution in [0.15, 0.2) is 24.3 Å². The lowest BCUT2D eigenvalue weighted by Gasteiger charge is -2.26. The van der Waals surface area contributed by atoms with E-state index in [1.54, 1.807) is 18.2 Å². The first-order valence-electron chi connectivity index (χ1n) is 17.3. The number of benzene rings is 2. The van der Waals surface area contributed by atoms with Gasteiger partial charge in [-0.1, -0.05) is 65.7 Å². The number of hydrogen-bond donors (Lipinski definition) is 1. The molecule has 1 atom stereocenters. The predicted octanol–water partition coefficient (Wildman–Crippen LogP) is 8.93. The topological polar surface area (TPSA) is 108 Å². The van der Waals surface area contributed by atoms with Crippen molar-refractivity contribution in [1.29, 1.82) is 0 Å². The number of Topliss-reactive ketones (excluding diaryl/α,β-unsaturated/α-hetero) is 2. The molecular formula is C38H54O8. The fraction of sp³-hybridized carbons (Fsp3) is 0.605. The Hall–Kier alpha value is -3.55. The zero-order valence-electron chi connectivity index (χ0n) is 28.6. The predicted molar refractivity (Wildman–Crippen MR) is 180 cm³/mol. The van der Waals surface area contributed by atoms with E-state index in [0.717, 1.165) is 37.7 Å². The molecule has 2 aromatic rings. The molecule has 0 aromatic heterocycles. The van der Waals surface area contributed by atoms with E-state index < -0.39 is 6.10 Å². The van der Waals surface area contributed by atoms with Gasteiger partial charge in [0.15, 0.2) is 17.7 Å². The van der Waals surface area contributed by atoms with Crippen molar-refractivity contribution < 1.29 is 38.4 Å². The van der Waals surface area contributed by atoms with Gasteiger partial charge in [-0.05, 0) is 82.1 Å². The van der Waals surface area contributed by atoms with Crippen LogP contribution in [0.1, 0.15) is 149 Å². The number of carbonyl (C=O) groups is 3. The highest BCUT2D eigenvalue weighted by atomic mass is 16.6. The molecule has 0 amide bonds. The van der Waals surface area contributed by atoms with Crippen LogP contribution in [-0.2, 0) is 16.0 Å². The van der Waals surface area contributed by atoms with Crippen molar-refractivity contribution in [1.82, 2.24) is 0 Å². The first-order chi connectivity index (χ1) is 22.1. The molecule has 0 aliphatic carbocycles. The number of aryl methyl sites for hydroxylation is 1. The molecule has 1 aliphatic rings. The summed E-state index contributed by atoms with van der Waals surface area (Å²) >= 11 is 0. The number of unbranched alkanes of at least 4 members (excludes halogenated alkanes) is 9. The maximum Gasteiger partial charge on any atom is 0.347 e. The molecule has 0 spiro atoms. The maximum atomic E-state index is 12.7. The minimum Gasteiger partial charge on any atom is -0.507 e. The Labute approximate surface area is 275 Å². The van der Waals surface area contributed by atoms with Gasteiger partial charge >= 0.3 is 5.97 Å². The van der Waals surface area contributed by atoms with Crippen LogP contribution in [0.3, 0.4) is 0 Å². The summed E-state index contributed by atoms with van der Waals surface area (Å²) in [7, 11) is 0. The Kier molecular flexibility index (Phi) is 15.4. The van der Waals surface area contributed by atoms with Crippen molar-refractivity contribution in [2.24, 2.45) is 0 Å². The quantitative estimate of drug-likeness (QED) is 0.0820. The molecule has 0 bridgehead atoms. The number of ether oxygens (including phenoxy) is 4. The molecule has 1 aliphatic heterocycles. The minimum absolute atomic E-state index is 0.000546. The standard InChI is InChI=1S/C38H54O8/c1-6-7-8-9-10-11-12-14-23-45-38(42)33-19-17-29-24-31(28(5)40)35(25-34(29)46-33)44-22-16-13-15-21-43-32-20-18-30(27(4)39)37(41)36(32)26(2)3/h18,20,24-26,33,41H,6-17,19,21-23H2,1-5H3. The summed E-state index contributed by atoms with van der Waals surface area (Å²) in [5.41, 5.74) is 2.35. The smallest absolute Gasteiger partial charge is 0.347 e. The second-order valence-electron chi connectivity index (χ2n) is 12.6. The van der Waals surface area contributed by atoms with E-state index >= 15 is 0 Å². The molecule has 46 heavy (non-hydrogen) atoms. The lowest BCUT2D eigenvalue weighted by atomic mass is 9.96. The third-order valence-corrected chi connectivity index (χ3v) is 8.43. The minimum atomic E-state index is -0.658. The Morgan fingerprint density at radius 2 is 1.39 bits per heavy atom. The van der Waals surface area contributed by atoms with Gasteiger partial charge < -0.3 is 24.1 Å². The lowest BCUT2D eigenvalue weighted by Crippen LogP contribution is -2.33. The number of carbonyl (C=O) groups excluding carboxylic acids is 3. The number of esters is 1. The van der Waals surface area contributed by atoms with Crippen molar-refractivity contribution in [3.63, 3.8) is 0 Å². The normalized spacial score (nSPS) is 14.0. The van der Waals surface area contributed by atoms with Crippen molar-refractivity contribution in [2.75, 3.05) is 19.8 Å². The Morgan fingerprint density at radius 1 is 0.804 bits per heavy atom. The first-order valence-corrected chi connectivity index (χ1v) is 17.3. The Bertz CT molecular complexity index is 1300.